The highest BCUT2D eigenvalue weighted by molar-refractivity contribution is 6.09. The highest BCUT2D eigenvalue weighted by Crippen LogP contribution is 2.29. The Balaban J connectivity index is 1.57. The van der Waals surface area contributed by atoms with Gasteiger partial charge in [0.25, 0.3) is 5.91 Å². The van der Waals surface area contributed by atoms with Crippen LogP contribution in [0.3, 0.4) is 0 Å². The predicted octanol–water partition coefficient (Wildman–Crippen LogP) is 1.58. The minimum atomic E-state index is -1.26. The van der Waals surface area contributed by atoms with Crippen molar-refractivity contribution >= 4 is 23.8 Å². The van der Waals surface area contributed by atoms with Crippen molar-refractivity contribution < 1.29 is 23.9 Å². The van der Waals surface area contributed by atoms with Gasteiger partial charge < -0.3 is 15.0 Å². The molecule has 1 saturated heterocycles. The first-order valence-electron chi connectivity index (χ1n) is 9.99. The van der Waals surface area contributed by atoms with Gasteiger partial charge in [0.05, 0.1) is 7.11 Å². The number of amides is 4. The highest BCUT2D eigenvalue weighted by Gasteiger charge is 2.50. The number of fused-ring (bicyclic) bond motifs is 1. The molecule has 2 aliphatic rings. The van der Waals surface area contributed by atoms with Crippen LogP contribution in [-0.2, 0) is 37.6 Å². The Morgan fingerprint density at radius 2 is 1.71 bits per heavy atom. The Kier molecular flexibility index (Phi) is 5.22. The van der Waals surface area contributed by atoms with Crippen molar-refractivity contribution in [3.63, 3.8) is 0 Å². The first-order valence-corrected chi connectivity index (χ1v) is 9.99. The molecular weight excluding hydrogens is 398 g/mol. The minimum absolute atomic E-state index is 0.203. The molecule has 8 nitrogen and oxygen atoms in total. The third-order valence-corrected chi connectivity index (χ3v) is 5.96. The second-order valence-electron chi connectivity index (χ2n) is 7.85. The molecule has 4 amide bonds. The molecule has 0 unspecified atom stereocenters. The summed E-state index contributed by atoms with van der Waals surface area (Å²) < 4.78 is 4.90. The van der Waals surface area contributed by atoms with Crippen LogP contribution in [0.15, 0.2) is 54.6 Å². The summed E-state index contributed by atoms with van der Waals surface area (Å²) >= 11 is 0. The van der Waals surface area contributed by atoms with Crippen LogP contribution in [-0.4, -0.2) is 53.3 Å². The van der Waals surface area contributed by atoms with Crippen molar-refractivity contribution in [2.45, 2.75) is 31.5 Å². The number of rotatable bonds is 4. The zero-order chi connectivity index (χ0) is 22.2. The molecule has 2 aromatic carbocycles. The van der Waals surface area contributed by atoms with Gasteiger partial charge in [0.1, 0.15) is 18.1 Å². The van der Waals surface area contributed by atoms with Crippen molar-refractivity contribution in [2.24, 2.45) is 0 Å². The number of carbonyl (C=O) groups excluding carboxylic acids is 4. The van der Waals surface area contributed by atoms with E-state index in [0.29, 0.717) is 12.0 Å². The maximum absolute atomic E-state index is 13.2. The number of imide groups is 1. The van der Waals surface area contributed by atoms with Crippen LogP contribution >= 0.6 is 0 Å². The van der Waals surface area contributed by atoms with Crippen LogP contribution in [0.25, 0.3) is 0 Å². The standard InChI is InChI=1S/C23H23N3O5/c1-23(17-10-4-3-5-11-17)21(29)26(22(30)24-23)14-19(27)25-13-16-9-7-6-8-15(16)12-18(25)20(28)31-2/h3-11,18H,12-14H2,1-2H3,(H,24,30)/t18-,23-/m0/s1. The summed E-state index contributed by atoms with van der Waals surface area (Å²) in [6.45, 7) is 1.36. The number of esters is 1. The fourth-order valence-corrected chi connectivity index (χ4v) is 4.17. The third-order valence-electron chi connectivity index (χ3n) is 5.96. The van der Waals surface area contributed by atoms with E-state index in [1.54, 1.807) is 31.2 Å². The molecule has 0 saturated carbocycles. The second-order valence-corrected chi connectivity index (χ2v) is 7.85. The number of ether oxygens (including phenoxy) is 1. The van der Waals surface area contributed by atoms with E-state index >= 15 is 0 Å². The maximum Gasteiger partial charge on any atom is 0.328 e. The SMILES string of the molecule is COC(=O)[C@@H]1Cc2ccccc2CN1C(=O)CN1C(=O)N[C@@](C)(c2ccccc2)C1=O. The Hall–Kier alpha value is -3.68. The van der Waals surface area contributed by atoms with E-state index in [0.717, 1.165) is 16.0 Å². The van der Waals surface area contributed by atoms with Crippen LogP contribution in [0, 0.1) is 0 Å². The van der Waals surface area contributed by atoms with Gasteiger partial charge in [0, 0.05) is 13.0 Å². The summed E-state index contributed by atoms with van der Waals surface area (Å²) in [7, 11) is 1.27. The maximum atomic E-state index is 13.2. The Labute approximate surface area is 179 Å². The van der Waals surface area contributed by atoms with E-state index in [1.807, 2.05) is 30.3 Å². The molecule has 2 heterocycles. The molecule has 31 heavy (non-hydrogen) atoms. The van der Waals surface area contributed by atoms with E-state index in [2.05, 4.69) is 5.32 Å². The summed E-state index contributed by atoms with van der Waals surface area (Å²) in [6.07, 6.45) is 0.316. The Morgan fingerprint density at radius 3 is 2.39 bits per heavy atom. The third kappa shape index (κ3) is 3.54. The lowest BCUT2D eigenvalue weighted by atomic mass is 9.92. The van der Waals surface area contributed by atoms with Crippen LogP contribution in [0.2, 0.25) is 0 Å². The molecule has 2 atom stereocenters. The molecule has 0 aromatic heterocycles. The largest absolute Gasteiger partial charge is 0.467 e. The highest BCUT2D eigenvalue weighted by atomic mass is 16.5. The molecule has 0 aliphatic carbocycles. The lowest BCUT2D eigenvalue weighted by molar-refractivity contribution is -0.154. The number of nitrogens with zero attached hydrogens (tertiary/aromatic N) is 2. The molecule has 2 aliphatic heterocycles. The average Bonchev–Trinajstić information content (AvgIpc) is 3.02. The summed E-state index contributed by atoms with van der Waals surface area (Å²) in [5.41, 5.74) is 1.26. The van der Waals surface area contributed by atoms with E-state index in [4.69, 9.17) is 4.74 Å². The lowest BCUT2D eigenvalue weighted by Gasteiger charge is -2.35. The van der Waals surface area contributed by atoms with Gasteiger partial charge in [-0.25, -0.2) is 9.59 Å². The van der Waals surface area contributed by atoms with E-state index < -0.39 is 41.9 Å². The number of methoxy groups -OCH3 is 1. The van der Waals surface area contributed by atoms with Gasteiger partial charge in [-0.15, -0.1) is 0 Å². The molecule has 8 heteroatoms. The normalized spacial score (nSPS) is 22.7. The van der Waals surface area contributed by atoms with Crippen LogP contribution in [0.4, 0.5) is 4.79 Å². The minimum Gasteiger partial charge on any atom is -0.467 e. The average molecular weight is 421 g/mol. The van der Waals surface area contributed by atoms with Crippen LogP contribution < -0.4 is 5.32 Å². The first kappa shape index (κ1) is 20.6. The Morgan fingerprint density at radius 1 is 1.06 bits per heavy atom. The molecular formula is C23H23N3O5. The van der Waals surface area contributed by atoms with Gasteiger partial charge in [0.2, 0.25) is 5.91 Å². The van der Waals surface area contributed by atoms with E-state index in [1.165, 1.54) is 12.0 Å². The molecule has 2 aromatic rings. The quantitative estimate of drug-likeness (QED) is 0.597. The Bertz CT molecular complexity index is 1050. The molecule has 0 radical (unpaired) electrons. The van der Waals surface area contributed by atoms with Gasteiger partial charge >= 0.3 is 12.0 Å². The second kappa shape index (κ2) is 7.86. The van der Waals surface area contributed by atoms with Gasteiger partial charge in [-0.1, -0.05) is 54.6 Å². The lowest BCUT2D eigenvalue weighted by Crippen LogP contribution is -2.52. The summed E-state index contributed by atoms with van der Waals surface area (Å²) in [4.78, 5) is 53.5. The molecule has 4 rings (SSSR count). The topological polar surface area (TPSA) is 96.0 Å². The van der Waals surface area contributed by atoms with Gasteiger partial charge in [-0.05, 0) is 23.6 Å². The van der Waals surface area contributed by atoms with Crippen molar-refractivity contribution in [1.82, 2.24) is 15.1 Å². The van der Waals surface area contributed by atoms with Crippen molar-refractivity contribution in [2.75, 3.05) is 13.7 Å². The fourth-order valence-electron chi connectivity index (χ4n) is 4.17. The van der Waals surface area contributed by atoms with Crippen molar-refractivity contribution in [3.8, 4) is 0 Å². The summed E-state index contributed by atoms with van der Waals surface area (Å²) in [5, 5.41) is 2.69. The van der Waals surface area contributed by atoms with E-state index in [-0.39, 0.29) is 6.54 Å². The fraction of sp³-hybridized carbons (Fsp3) is 0.304. The van der Waals surface area contributed by atoms with Crippen LogP contribution in [0.5, 0.6) is 0 Å². The first-order chi connectivity index (χ1) is 14.8. The molecule has 0 spiro atoms. The smallest absolute Gasteiger partial charge is 0.328 e. The monoisotopic (exact) mass is 421 g/mol. The van der Waals surface area contributed by atoms with Crippen molar-refractivity contribution in [1.29, 1.82) is 0 Å². The van der Waals surface area contributed by atoms with Gasteiger partial charge in [-0.3, -0.25) is 14.5 Å². The van der Waals surface area contributed by atoms with Crippen molar-refractivity contribution in [3.05, 3.63) is 71.3 Å². The van der Waals surface area contributed by atoms with Crippen LogP contribution in [0.1, 0.15) is 23.6 Å². The molecule has 1 N–H and O–H groups in total. The number of nitrogens with one attached hydrogen (secondary N) is 1. The molecule has 0 bridgehead atoms. The van der Waals surface area contributed by atoms with E-state index in [9.17, 15) is 19.2 Å². The number of hydrogen-bond acceptors (Lipinski definition) is 5. The number of benzene rings is 2. The zero-order valence-corrected chi connectivity index (χ0v) is 17.3. The summed E-state index contributed by atoms with van der Waals surface area (Å²) in [6, 6.07) is 15.0. The predicted molar refractivity (Wildman–Crippen MR) is 111 cm³/mol. The van der Waals surface area contributed by atoms with Gasteiger partial charge in [-0.2, -0.15) is 0 Å². The number of urea groups is 1. The molecule has 160 valence electrons. The summed E-state index contributed by atoms with van der Waals surface area (Å²) in [5.74, 6) is -1.54. The molecule has 1 fully saturated rings. The number of hydrogen-bond donors (Lipinski definition) is 1. The number of carbonyl (C=O) groups is 4. The zero-order valence-electron chi connectivity index (χ0n) is 17.3. The van der Waals surface area contributed by atoms with Gasteiger partial charge in [0.15, 0.2) is 0 Å².